The summed E-state index contributed by atoms with van der Waals surface area (Å²) in [5.74, 6) is -0.0501. The Kier molecular flexibility index (Phi) is 4.23. The van der Waals surface area contributed by atoms with Crippen molar-refractivity contribution >= 4 is 27.7 Å². The quantitative estimate of drug-likeness (QED) is 0.854. The number of nitrogens with one attached hydrogen (secondary N) is 1. The summed E-state index contributed by atoms with van der Waals surface area (Å²) in [6.45, 7) is 2.68. The predicted octanol–water partition coefficient (Wildman–Crippen LogP) is 1.65. The van der Waals surface area contributed by atoms with Gasteiger partial charge in [-0.15, -0.1) is 0 Å². The van der Waals surface area contributed by atoms with Gasteiger partial charge in [-0.3, -0.25) is 9.59 Å². The Hall–Kier alpha value is -1.40. The van der Waals surface area contributed by atoms with Crippen molar-refractivity contribution in [1.29, 1.82) is 0 Å². The van der Waals surface area contributed by atoms with Gasteiger partial charge in [-0.05, 0) is 42.5 Å². The second kappa shape index (κ2) is 6.01. The number of hydrogen-bond donors (Lipinski definition) is 2. The van der Waals surface area contributed by atoms with Crippen molar-refractivity contribution in [1.82, 2.24) is 10.2 Å². The van der Waals surface area contributed by atoms with Crippen LogP contribution in [0.1, 0.15) is 41.6 Å². The van der Waals surface area contributed by atoms with Gasteiger partial charge in [0, 0.05) is 22.6 Å². The van der Waals surface area contributed by atoms with Crippen molar-refractivity contribution in [2.75, 3.05) is 13.1 Å². The largest absolute Gasteiger partial charge is 0.393 e. The molecule has 1 unspecified atom stereocenters. The van der Waals surface area contributed by atoms with Gasteiger partial charge in [0.05, 0.1) is 12.6 Å². The highest BCUT2D eigenvalue weighted by Crippen LogP contribution is 2.30. The minimum atomic E-state index is -0.299. The van der Waals surface area contributed by atoms with Crippen LogP contribution in [-0.2, 0) is 4.79 Å². The van der Waals surface area contributed by atoms with Crippen molar-refractivity contribution in [3.05, 3.63) is 33.8 Å². The third kappa shape index (κ3) is 3.03. The van der Waals surface area contributed by atoms with E-state index in [9.17, 15) is 14.7 Å². The first-order valence-electron chi connectivity index (χ1n) is 7.50. The van der Waals surface area contributed by atoms with Gasteiger partial charge in [0.1, 0.15) is 0 Å². The van der Waals surface area contributed by atoms with Gasteiger partial charge in [0.15, 0.2) is 0 Å². The van der Waals surface area contributed by atoms with Crippen molar-refractivity contribution in [2.45, 2.75) is 37.8 Å². The van der Waals surface area contributed by atoms with Gasteiger partial charge in [-0.1, -0.05) is 22.9 Å². The summed E-state index contributed by atoms with van der Waals surface area (Å²) in [5.41, 5.74) is 1.70. The molecule has 0 radical (unpaired) electrons. The summed E-state index contributed by atoms with van der Waals surface area (Å²) in [6, 6.07) is 5.68. The van der Waals surface area contributed by atoms with E-state index in [0.717, 1.165) is 10.0 Å². The van der Waals surface area contributed by atoms with Crippen molar-refractivity contribution in [3.8, 4) is 0 Å². The number of aliphatic hydroxyl groups is 1. The summed E-state index contributed by atoms with van der Waals surface area (Å²) >= 11 is 3.43. The summed E-state index contributed by atoms with van der Waals surface area (Å²) < 4.78 is 0.959. The van der Waals surface area contributed by atoms with E-state index in [1.54, 1.807) is 4.90 Å². The first-order chi connectivity index (χ1) is 10.4. The van der Waals surface area contributed by atoms with E-state index < -0.39 is 0 Å². The standard InChI is InChI=1S/C16H19BrN2O3/c1-9-7-19(8-15(21)18-11-5-12(20)6-11)16(22)13-3-2-10(17)4-14(9)13/h2-4,9,11-12,20H,5-8H2,1H3,(H,18,21). The van der Waals surface area contributed by atoms with E-state index in [4.69, 9.17) is 0 Å². The van der Waals surface area contributed by atoms with Crippen molar-refractivity contribution < 1.29 is 14.7 Å². The maximum absolute atomic E-state index is 12.5. The molecule has 3 rings (SSSR count). The van der Waals surface area contributed by atoms with E-state index in [2.05, 4.69) is 28.2 Å². The highest BCUT2D eigenvalue weighted by molar-refractivity contribution is 9.10. The maximum Gasteiger partial charge on any atom is 0.254 e. The SMILES string of the molecule is CC1CN(CC(=O)NC2CC(O)C2)C(=O)c2ccc(Br)cc21. The van der Waals surface area contributed by atoms with Gasteiger partial charge in [-0.25, -0.2) is 0 Å². The molecule has 0 aromatic heterocycles. The molecule has 6 heteroatoms. The lowest BCUT2D eigenvalue weighted by molar-refractivity contribution is -0.123. The molecule has 22 heavy (non-hydrogen) atoms. The smallest absolute Gasteiger partial charge is 0.254 e. The lowest BCUT2D eigenvalue weighted by atomic mass is 9.89. The van der Waals surface area contributed by atoms with Crippen LogP contribution >= 0.6 is 15.9 Å². The molecule has 2 amide bonds. The van der Waals surface area contributed by atoms with E-state index in [-0.39, 0.29) is 36.4 Å². The van der Waals surface area contributed by atoms with Crippen LogP contribution in [0, 0.1) is 0 Å². The van der Waals surface area contributed by atoms with Gasteiger partial charge < -0.3 is 15.3 Å². The average molecular weight is 367 g/mol. The first kappa shape index (κ1) is 15.5. The number of carbonyl (C=O) groups excluding carboxylic acids is 2. The van der Waals surface area contributed by atoms with Crippen LogP contribution in [-0.4, -0.2) is 47.1 Å². The van der Waals surface area contributed by atoms with Crippen molar-refractivity contribution in [3.63, 3.8) is 0 Å². The third-order valence-corrected chi connectivity index (χ3v) is 4.86. The molecule has 1 atom stereocenters. The molecular formula is C16H19BrN2O3. The Labute approximate surface area is 137 Å². The van der Waals surface area contributed by atoms with E-state index in [0.29, 0.717) is 24.9 Å². The van der Waals surface area contributed by atoms with Crippen molar-refractivity contribution in [2.24, 2.45) is 0 Å². The zero-order valence-electron chi connectivity index (χ0n) is 12.4. The zero-order chi connectivity index (χ0) is 15.9. The van der Waals surface area contributed by atoms with Crippen LogP contribution in [0.3, 0.4) is 0 Å². The number of benzene rings is 1. The molecular weight excluding hydrogens is 348 g/mol. The fourth-order valence-electron chi connectivity index (χ4n) is 3.11. The molecule has 1 aliphatic heterocycles. The highest BCUT2D eigenvalue weighted by Gasteiger charge is 2.32. The number of hydrogen-bond acceptors (Lipinski definition) is 3. The normalized spacial score (nSPS) is 27.1. The molecule has 1 aromatic carbocycles. The number of aliphatic hydroxyl groups excluding tert-OH is 1. The molecule has 118 valence electrons. The lowest BCUT2D eigenvalue weighted by Gasteiger charge is -2.35. The fourth-order valence-corrected chi connectivity index (χ4v) is 3.49. The second-order valence-corrected chi connectivity index (χ2v) is 7.12. The number of rotatable bonds is 3. The Bertz CT molecular complexity index is 613. The van der Waals surface area contributed by atoms with Crippen LogP contribution < -0.4 is 5.32 Å². The number of carbonyl (C=O) groups is 2. The lowest BCUT2D eigenvalue weighted by Crippen LogP contribution is -2.51. The molecule has 1 aliphatic carbocycles. The Morgan fingerprint density at radius 3 is 2.86 bits per heavy atom. The van der Waals surface area contributed by atoms with Gasteiger partial charge in [0.2, 0.25) is 5.91 Å². The number of nitrogens with zero attached hydrogens (tertiary/aromatic N) is 1. The zero-order valence-corrected chi connectivity index (χ0v) is 14.0. The summed E-state index contributed by atoms with van der Waals surface area (Å²) in [4.78, 5) is 26.2. The first-order valence-corrected chi connectivity index (χ1v) is 8.29. The highest BCUT2D eigenvalue weighted by atomic mass is 79.9. The Morgan fingerprint density at radius 2 is 2.18 bits per heavy atom. The average Bonchev–Trinajstić information content (AvgIpc) is 2.43. The van der Waals surface area contributed by atoms with Gasteiger partial charge in [0.25, 0.3) is 5.91 Å². The second-order valence-electron chi connectivity index (χ2n) is 6.21. The molecule has 2 aliphatic rings. The summed E-state index contributed by atoms with van der Waals surface area (Å²) in [6.07, 6.45) is 0.909. The fraction of sp³-hybridized carbons (Fsp3) is 0.500. The molecule has 1 fully saturated rings. The third-order valence-electron chi connectivity index (χ3n) is 4.37. The van der Waals surface area contributed by atoms with Crippen LogP contribution in [0.2, 0.25) is 0 Å². The molecule has 1 aromatic rings. The van der Waals surface area contributed by atoms with Crippen LogP contribution in [0.4, 0.5) is 0 Å². The van der Waals surface area contributed by atoms with E-state index in [1.165, 1.54) is 0 Å². The van der Waals surface area contributed by atoms with Crippen LogP contribution in [0.25, 0.3) is 0 Å². The number of fused-ring (bicyclic) bond motifs is 1. The molecule has 1 heterocycles. The summed E-state index contributed by atoms with van der Waals surface area (Å²) in [7, 11) is 0. The molecule has 0 spiro atoms. The molecule has 1 saturated carbocycles. The minimum Gasteiger partial charge on any atom is -0.393 e. The minimum absolute atomic E-state index is 0.0445. The van der Waals surface area contributed by atoms with Gasteiger partial charge >= 0.3 is 0 Å². The predicted molar refractivity (Wildman–Crippen MR) is 85.6 cm³/mol. The number of halogens is 1. The maximum atomic E-state index is 12.5. The Morgan fingerprint density at radius 1 is 1.45 bits per heavy atom. The monoisotopic (exact) mass is 366 g/mol. The Balaban J connectivity index is 1.67. The number of amides is 2. The van der Waals surface area contributed by atoms with Crippen LogP contribution in [0.15, 0.2) is 22.7 Å². The molecule has 5 nitrogen and oxygen atoms in total. The topological polar surface area (TPSA) is 69.6 Å². The van der Waals surface area contributed by atoms with E-state index >= 15 is 0 Å². The molecule has 0 saturated heterocycles. The molecule has 0 bridgehead atoms. The summed E-state index contributed by atoms with van der Waals surface area (Å²) in [5, 5.41) is 12.1. The van der Waals surface area contributed by atoms with Gasteiger partial charge in [-0.2, -0.15) is 0 Å². The van der Waals surface area contributed by atoms with E-state index in [1.807, 2.05) is 18.2 Å². The van der Waals surface area contributed by atoms with Crippen LogP contribution in [0.5, 0.6) is 0 Å². The molecule has 2 N–H and O–H groups in total.